The van der Waals surface area contributed by atoms with E-state index < -0.39 is 5.97 Å². The van der Waals surface area contributed by atoms with Gasteiger partial charge in [0.15, 0.2) is 5.78 Å². The number of benzene rings is 2. The van der Waals surface area contributed by atoms with Gasteiger partial charge in [0.05, 0.1) is 5.56 Å². The van der Waals surface area contributed by atoms with Crippen LogP contribution in [0.2, 0.25) is 0 Å². The number of carbonyl (C=O) groups excluding carboxylic acids is 1. The fourth-order valence-electron chi connectivity index (χ4n) is 1.84. The van der Waals surface area contributed by atoms with Crippen molar-refractivity contribution in [2.24, 2.45) is 0 Å². The van der Waals surface area contributed by atoms with Crippen molar-refractivity contribution in [3.63, 3.8) is 0 Å². The minimum atomic E-state index is -0.933. The summed E-state index contributed by atoms with van der Waals surface area (Å²) in [5, 5.41) is 12.1. The Morgan fingerprint density at radius 3 is 2.35 bits per heavy atom. The summed E-state index contributed by atoms with van der Waals surface area (Å²) in [6.07, 6.45) is 0. The molecule has 102 valence electrons. The summed E-state index contributed by atoms with van der Waals surface area (Å²) in [5.74, 6) is -0.900. The van der Waals surface area contributed by atoms with Gasteiger partial charge in [-0.3, -0.25) is 4.79 Å². The number of carboxylic acid groups (broad SMARTS) is 1. The van der Waals surface area contributed by atoms with Crippen LogP contribution in [0.3, 0.4) is 0 Å². The molecular weight excluding hydrogens is 254 g/mol. The molecule has 2 rings (SSSR count). The molecule has 0 heterocycles. The molecule has 0 saturated carbocycles. The molecule has 0 unspecified atom stereocenters. The normalized spacial score (nSPS) is 10.1. The van der Waals surface area contributed by atoms with Crippen LogP contribution in [0, 0.1) is 0 Å². The third-order valence-electron chi connectivity index (χ3n) is 2.96. The lowest BCUT2D eigenvalue weighted by Crippen LogP contribution is -2.02. The average molecular weight is 269 g/mol. The van der Waals surface area contributed by atoms with E-state index in [2.05, 4.69) is 5.32 Å². The second-order valence-electron chi connectivity index (χ2n) is 4.49. The molecule has 0 aliphatic carbocycles. The number of hydrogen-bond acceptors (Lipinski definition) is 3. The van der Waals surface area contributed by atoms with Gasteiger partial charge in [0.1, 0.15) is 0 Å². The Morgan fingerprint density at radius 1 is 1.05 bits per heavy atom. The van der Waals surface area contributed by atoms with Crippen molar-refractivity contribution in [1.82, 2.24) is 0 Å². The summed E-state index contributed by atoms with van der Waals surface area (Å²) in [4.78, 5) is 22.0. The summed E-state index contributed by atoms with van der Waals surface area (Å²) in [5.41, 5.74) is 2.72. The standard InChI is InChI=1S/C16H15NO3/c1-11(18)13-5-7-15(8-6-13)17-10-12-3-2-4-14(9-12)16(19)20/h2-9,17H,10H2,1H3,(H,19,20). The summed E-state index contributed by atoms with van der Waals surface area (Å²) in [6.45, 7) is 2.06. The number of carbonyl (C=O) groups is 2. The third-order valence-corrected chi connectivity index (χ3v) is 2.96. The van der Waals surface area contributed by atoms with Crippen LogP contribution in [0.25, 0.3) is 0 Å². The molecule has 4 heteroatoms. The van der Waals surface area contributed by atoms with E-state index in [1.807, 2.05) is 18.2 Å². The highest BCUT2D eigenvalue weighted by Gasteiger charge is 2.03. The van der Waals surface area contributed by atoms with Gasteiger partial charge in [-0.15, -0.1) is 0 Å². The Bertz CT molecular complexity index is 632. The summed E-state index contributed by atoms with van der Waals surface area (Å²) < 4.78 is 0. The van der Waals surface area contributed by atoms with E-state index in [1.54, 1.807) is 30.3 Å². The Hall–Kier alpha value is -2.62. The number of carboxylic acids is 1. The number of hydrogen-bond donors (Lipinski definition) is 2. The molecule has 2 aromatic carbocycles. The maximum Gasteiger partial charge on any atom is 0.335 e. The fourth-order valence-corrected chi connectivity index (χ4v) is 1.84. The number of ketones is 1. The van der Waals surface area contributed by atoms with Crippen molar-refractivity contribution in [3.05, 3.63) is 65.2 Å². The summed E-state index contributed by atoms with van der Waals surface area (Å²) in [6, 6.07) is 14.0. The zero-order valence-corrected chi connectivity index (χ0v) is 11.1. The number of rotatable bonds is 5. The zero-order chi connectivity index (χ0) is 14.5. The average Bonchev–Trinajstić information content (AvgIpc) is 2.46. The van der Waals surface area contributed by atoms with Gasteiger partial charge in [0.25, 0.3) is 0 Å². The number of Topliss-reactive ketones (excluding diaryl/α,β-unsaturated/α-hetero) is 1. The molecule has 0 amide bonds. The van der Waals surface area contributed by atoms with Crippen LogP contribution in [0.1, 0.15) is 33.2 Å². The van der Waals surface area contributed by atoms with Crippen LogP contribution >= 0.6 is 0 Å². The number of nitrogens with one attached hydrogen (secondary N) is 1. The Balaban J connectivity index is 2.03. The molecular formula is C16H15NO3. The lowest BCUT2D eigenvalue weighted by Gasteiger charge is -2.07. The molecule has 4 nitrogen and oxygen atoms in total. The van der Waals surface area contributed by atoms with E-state index in [1.165, 1.54) is 6.92 Å². The van der Waals surface area contributed by atoms with E-state index in [9.17, 15) is 9.59 Å². The quantitative estimate of drug-likeness (QED) is 0.818. The van der Waals surface area contributed by atoms with Crippen LogP contribution < -0.4 is 5.32 Å². The van der Waals surface area contributed by atoms with Crippen molar-refractivity contribution in [3.8, 4) is 0 Å². The molecule has 0 spiro atoms. The first-order valence-corrected chi connectivity index (χ1v) is 6.23. The van der Waals surface area contributed by atoms with Crippen LogP contribution in [0.15, 0.2) is 48.5 Å². The first-order chi connectivity index (χ1) is 9.56. The van der Waals surface area contributed by atoms with E-state index >= 15 is 0 Å². The highest BCUT2D eigenvalue weighted by molar-refractivity contribution is 5.94. The first-order valence-electron chi connectivity index (χ1n) is 6.23. The van der Waals surface area contributed by atoms with E-state index in [-0.39, 0.29) is 11.3 Å². The second kappa shape index (κ2) is 6.02. The Labute approximate surface area is 117 Å². The maximum absolute atomic E-state index is 11.2. The van der Waals surface area contributed by atoms with Gasteiger partial charge in [-0.25, -0.2) is 4.79 Å². The largest absolute Gasteiger partial charge is 0.478 e. The molecule has 0 radical (unpaired) electrons. The third kappa shape index (κ3) is 3.45. The monoisotopic (exact) mass is 269 g/mol. The first kappa shape index (κ1) is 13.8. The molecule has 0 aromatic heterocycles. The highest BCUT2D eigenvalue weighted by atomic mass is 16.4. The van der Waals surface area contributed by atoms with Crippen LogP contribution in [-0.2, 0) is 6.54 Å². The molecule has 20 heavy (non-hydrogen) atoms. The minimum Gasteiger partial charge on any atom is -0.478 e. The highest BCUT2D eigenvalue weighted by Crippen LogP contribution is 2.12. The zero-order valence-electron chi connectivity index (χ0n) is 11.1. The topological polar surface area (TPSA) is 66.4 Å². The number of anilines is 1. The molecule has 0 saturated heterocycles. The SMILES string of the molecule is CC(=O)c1ccc(NCc2cccc(C(=O)O)c2)cc1. The second-order valence-corrected chi connectivity index (χ2v) is 4.49. The Kier molecular flexibility index (Phi) is 4.15. The molecule has 2 aromatic rings. The van der Waals surface area contributed by atoms with E-state index in [0.29, 0.717) is 12.1 Å². The lowest BCUT2D eigenvalue weighted by molar-refractivity contribution is 0.0696. The van der Waals surface area contributed by atoms with Gasteiger partial charge in [-0.05, 0) is 48.9 Å². The van der Waals surface area contributed by atoms with Crippen LogP contribution in [0.4, 0.5) is 5.69 Å². The van der Waals surface area contributed by atoms with Crippen molar-refractivity contribution in [2.75, 3.05) is 5.32 Å². The van der Waals surface area contributed by atoms with Crippen molar-refractivity contribution in [1.29, 1.82) is 0 Å². The van der Waals surface area contributed by atoms with Crippen LogP contribution in [-0.4, -0.2) is 16.9 Å². The van der Waals surface area contributed by atoms with Gasteiger partial charge in [0, 0.05) is 17.8 Å². The molecule has 0 atom stereocenters. The van der Waals surface area contributed by atoms with E-state index in [4.69, 9.17) is 5.11 Å². The predicted octanol–water partition coefficient (Wildman–Crippen LogP) is 3.20. The molecule has 0 aliphatic rings. The summed E-state index contributed by atoms with van der Waals surface area (Å²) in [7, 11) is 0. The summed E-state index contributed by atoms with van der Waals surface area (Å²) >= 11 is 0. The van der Waals surface area contributed by atoms with Gasteiger partial charge >= 0.3 is 5.97 Å². The van der Waals surface area contributed by atoms with Gasteiger partial charge in [0.2, 0.25) is 0 Å². The smallest absolute Gasteiger partial charge is 0.335 e. The van der Waals surface area contributed by atoms with Crippen molar-refractivity contribution >= 4 is 17.4 Å². The van der Waals surface area contributed by atoms with Gasteiger partial charge < -0.3 is 10.4 Å². The lowest BCUT2D eigenvalue weighted by atomic mass is 10.1. The number of aromatic carboxylic acids is 1. The Morgan fingerprint density at radius 2 is 1.75 bits per heavy atom. The minimum absolute atomic E-state index is 0.0331. The van der Waals surface area contributed by atoms with E-state index in [0.717, 1.165) is 11.3 Å². The van der Waals surface area contributed by atoms with Crippen molar-refractivity contribution < 1.29 is 14.7 Å². The fraction of sp³-hybridized carbons (Fsp3) is 0.125. The van der Waals surface area contributed by atoms with Crippen LogP contribution in [0.5, 0.6) is 0 Å². The molecule has 0 aliphatic heterocycles. The maximum atomic E-state index is 11.2. The predicted molar refractivity (Wildman–Crippen MR) is 77.2 cm³/mol. The van der Waals surface area contributed by atoms with Gasteiger partial charge in [-0.2, -0.15) is 0 Å². The molecule has 2 N–H and O–H groups in total. The molecule has 0 bridgehead atoms. The molecule has 0 fully saturated rings. The van der Waals surface area contributed by atoms with Gasteiger partial charge in [-0.1, -0.05) is 12.1 Å². The van der Waals surface area contributed by atoms with Crippen molar-refractivity contribution in [2.45, 2.75) is 13.5 Å².